The number of fused-ring (bicyclic) bond motifs is 7. The molecule has 5 aliphatic carbocycles. The number of rotatable bonds is 4. The molecule has 0 aromatic heterocycles. The lowest BCUT2D eigenvalue weighted by Gasteiger charge is -2.71. The zero-order chi connectivity index (χ0) is 32.8. The fourth-order valence-corrected chi connectivity index (χ4v) is 11.8. The maximum atomic E-state index is 13.0. The molecule has 1 aromatic rings. The second-order valence-electron chi connectivity index (χ2n) is 17.5. The summed E-state index contributed by atoms with van der Waals surface area (Å²) >= 11 is 0. The molecule has 45 heavy (non-hydrogen) atoms. The highest BCUT2D eigenvalue weighted by Crippen LogP contribution is 2.75. The first kappa shape index (κ1) is 32.2. The van der Waals surface area contributed by atoms with Crippen molar-refractivity contribution in [3.05, 3.63) is 41.5 Å². The van der Waals surface area contributed by atoms with Crippen LogP contribution in [0.1, 0.15) is 118 Å². The number of phenols is 2. The third kappa shape index (κ3) is 4.70. The van der Waals surface area contributed by atoms with Crippen LogP contribution in [0, 0.1) is 50.2 Å². The molecule has 0 amide bonds. The van der Waals surface area contributed by atoms with Gasteiger partial charge in [0.15, 0.2) is 11.5 Å². The third-order valence-electron chi connectivity index (χ3n) is 14.7. The first-order valence-electron chi connectivity index (χ1n) is 17.2. The highest BCUT2D eigenvalue weighted by Gasteiger charge is 2.69. The van der Waals surface area contributed by atoms with Crippen LogP contribution in [0.2, 0.25) is 0 Å². The molecule has 6 rings (SSSR count). The van der Waals surface area contributed by atoms with Gasteiger partial charge < -0.3 is 20.1 Å². The summed E-state index contributed by atoms with van der Waals surface area (Å²) in [4.78, 5) is 25.9. The molecule has 0 spiro atoms. The average molecular weight is 619 g/mol. The Balaban J connectivity index is 1.25. The van der Waals surface area contributed by atoms with E-state index < -0.39 is 11.4 Å². The third-order valence-corrected chi connectivity index (χ3v) is 14.7. The van der Waals surface area contributed by atoms with Gasteiger partial charge in [0.05, 0.1) is 5.41 Å². The number of carbonyl (C=O) groups is 2. The van der Waals surface area contributed by atoms with Crippen LogP contribution in [0.25, 0.3) is 6.08 Å². The molecule has 3 N–H and O–H groups in total. The van der Waals surface area contributed by atoms with Crippen LogP contribution in [-0.4, -0.2) is 33.4 Å². The molecule has 6 nitrogen and oxygen atoms in total. The van der Waals surface area contributed by atoms with Gasteiger partial charge >= 0.3 is 11.9 Å². The molecular formula is C39H54O6. The smallest absolute Gasteiger partial charge is 0.331 e. The molecule has 0 bridgehead atoms. The summed E-state index contributed by atoms with van der Waals surface area (Å²) < 4.78 is 6.15. The van der Waals surface area contributed by atoms with Crippen molar-refractivity contribution >= 4 is 18.0 Å². The summed E-state index contributed by atoms with van der Waals surface area (Å²) in [5.41, 5.74) is 1.59. The Morgan fingerprint density at radius 2 is 1.58 bits per heavy atom. The van der Waals surface area contributed by atoms with Crippen molar-refractivity contribution in [1.82, 2.24) is 0 Å². The number of aromatic hydroxyl groups is 2. The molecule has 4 fully saturated rings. The van der Waals surface area contributed by atoms with Crippen molar-refractivity contribution in [2.45, 2.75) is 119 Å². The summed E-state index contributed by atoms with van der Waals surface area (Å²) in [6.07, 6.45) is 14.8. The second-order valence-corrected chi connectivity index (χ2v) is 17.5. The lowest BCUT2D eigenvalue weighted by molar-refractivity contribution is -0.212. The van der Waals surface area contributed by atoms with Gasteiger partial charge in [-0.15, -0.1) is 0 Å². The van der Waals surface area contributed by atoms with E-state index in [4.69, 9.17) is 4.74 Å². The standard InChI is InChI=1S/C39H54O6/c1-34(2)18-20-39(33(43)44)21-19-37(6)25(26(39)23-34)10-12-30-36(5)16-15-31(35(3,4)29(36)14-17-38(30,37)7)45-32(42)13-9-24-8-11-27(40)28(41)22-24/h8-11,13,22,26,29-31,40-41H,12,14-21,23H2,1-7H3,(H,43,44)/b13-9+/t26-,29+,30-,31+,36+,37-,38-,39+/m1/s1. The molecular weight excluding hydrogens is 564 g/mol. The summed E-state index contributed by atoms with van der Waals surface area (Å²) in [5.74, 6) is -0.379. The van der Waals surface area contributed by atoms with Crippen molar-refractivity contribution in [2.75, 3.05) is 0 Å². The molecule has 1 aromatic carbocycles. The topological polar surface area (TPSA) is 104 Å². The number of carbonyl (C=O) groups excluding carboxylic acids is 1. The number of hydrogen-bond acceptors (Lipinski definition) is 5. The van der Waals surface area contributed by atoms with Crippen LogP contribution < -0.4 is 0 Å². The van der Waals surface area contributed by atoms with E-state index >= 15 is 0 Å². The molecule has 0 saturated heterocycles. The zero-order valence-electron chi connectivity index (χ0n) is 28.4. The van der Waals surface area contributed by atoms with E-state index in [1.165, 1.54) is 23.8 Å². The van der Waals surface area contributed by atoms with Gasteiger partial charge in [0.2, 0.25) is 0 Å². The van der Waals surface area contributed by atoms with Crippen LogP contribution in [-0.2, 0) is 14.3 Å². The molecule has 6 heteroatoms. The lowest BCUT2D eigenvalue weighted by atomic mass is 9.33. The number of phenolic OH excluding ortho intramolecular Hbond substituents is 2. The van der Waals surface area contributed by atoms with Crippen molar-refractivity contribution in [1.29, 1.82) is 0 Å². The van der Waals surface area contributed by atoms with Crippen molar-refractivity contribution in [3.8, 4) is 11.5 Å². The summed E-state index contributed by atoms with van der Waals surface area (Å²) in [6, 6.07) is 4.46. The first-order chi connectivity index (χ1) is 20.9. The summed E-state index contributed by atoms with van der Waals surface area (Å²) in [7, 11) is 0. The molecule has 8 atom stereocenters. The van der Waals surface area contributed by atoms with E-state index in [9.17, 15) is 24.9 Å². The van der Waals surface area contributed by atoms with Gasteiger partial charge in [0, 0.05) is 11.5 Å². The second kappa shape index (κ2) is 10.4. The van der Waals surface area contributed by atoms with Crippen molar-refractivity contribution in [2.24, 2.45) is 50.2 Å². The molecule has 4 saturated carbocycles. The molecule has 0 aliphatic heterocycles. The van der Waals surface area contributed by atoms with E-state index in [0.29, 0.717) is 17.4 Å². The number of hydrogen-bond donors (Lipinski definition) is 3. The quantitative estimate of drug-likeness (QED) is 0.135. The van der Waals surface area contributed by atoms with E-state index in [-0.39, 0.29) is 56.6 Å². The van der Waals surface area contributed by atoms with Crippen molar-refractivity contribution in [3.63, 3.8) is 0 Å². The molecule has 0 heterocycles. The number of esters is 1. The Labute approximate surface area is 269 Å². The predicted molar refractivity (Wildman–Crippen MR) is 175 cm³/mol. The average Bonchev–Trinajstić information content (AvgIpc) is 2.95. The van der Waals surface area contributed by atoms with E-state index in [1.54, 1.807) is 12.1 Å². The Morgan fingerprint density at radius 1 is 0.867 bits per heavy atom. The highest BCUT2D eigenvalue weighted by atomic mass is 16.5. The Kier molecular flexibility index (Phi) is 7.42. The number of aliphatic carboxylic acids is 1. The highest BCUT2D eigenvalue weighted by molar-refractivity contribution is 5.87. The fraction of sp³-hybridized carbons (Fsp3) is 0.692. The first-order valence-corrected chi connectivity index (χ1v) is 17.2. The van der Waals surface area contributed by atoms with E-state index in [0.717, 1.165) is 64.2 Å². The van der Waals surface area contributed by atoms with Crippen LogP contribution in [0.4, 0.5) is 0 Å². The number of benzene rings is 1. The molecule has 246 valence electrons. The van der Waals surface area contributed by atoms with Gasteiger partial charge in [-0.1, -0.05) is 66.2 Å². The van der Waals surface area contributed by atoms with Gasteiger partial charge in [-0.25, -0.2) is 4.79 Å². The normalized spacial score (nSPS) is 41.5. The number of carboxylic acid groups (broad SMARTS) is 1. The Morgan fingerprint density at radius 3 is 2.27 bits per heavy atom. The van der Waals surface area contributed by atoms with Crippen LogP contribution >= 0.6 is 0 Å². The number of carboxylic acids is 1. The fourth-order valence-electron chi connectivity index (χ4n) is 11.8. The van der Waals surface area contributed by atoms with Gasteiger partial charge in [0.25, 0.3) is 0 Å². The van der Waals surface area contributed by atoms with E-state index in [2.05, 4.69) is 54.5 Å². The van der Waals surface area contributed by atoms with Gasteiger partial charge in [-0.2, -0.15) is 0 Å². The van der Waals surface area contributed by atoms with Gasteiger partial charge in [0.1, 0.15) is 6.10 Å². The predicted octanol–water partition coefficient (Wildman–Crippen LogP) is 8.91. The monoisotopic (exact) mass is 618 g/mol. The van der Waals surface area contributed by atoms with Crippen LogP contribution in [0.15, 0.2) is 35.9 Å². The van der Waals surface area contributed by atoms with Gasteiger partial charge in [-0.3, -0.25) is 4.79 Å². The zero-order valence-corrected chi connectivity index (χ0v) is 28.4. The lowest BCUT2D eigenvalue weighted by Crippen LogP contribution is -2.65. The van der Waals surface area contributed by atoms with Crippen LogP contribution in [0.5, 0.6) is 11.5 Å². The minimum Gasteiger partial charge on any atom is -0.504 e. The van der Waals surface area contributed by atoms with Crippen molar-refractivity contribution < 1.29 is 29.6 Å². The minimum absolute atomic E-state index is 0.0121. The largest absolute Gasteiger partial charge is 0.504 e. The summed E-state index contributed by atoms with van der Waals surface area (Å²) in [5, 5.41) is 30.0. The number of allylic oxidation sites excluding steroid dienone is 2. The minimum atomic E-state index is -0.619. The Bertz CT molecular complexity index is 1450. The van der Waals surface area contributed by atoms with Crippen LogP contribution in [0.3, 0.4) is 0 Å². The maximum absolute atomic E-state index is 13.0. The molecule has 0 unspecified atom stereocenters. The SMILES string of the molecule is CC1(C)CC[C@]2(C(=O)O)CC[C@]3(C)C(=CC[C@@H]4[C@@]5(C)CC[C@H](OC(=O)/C=C/c6ccc(O)c(O)c6)C(C)(C)[C@@H]5CC[C@]43C)[C@H]2C1. The van der Waals surface area contributed by atoms with E-state index in [1.807, 2.05) is 0 Å². The number of ether oxygens (including phenoxy) is 1. The maximum Gasteiger partial charge on any atom is 0.331 e. The Hall–Kier alpha value is -2.76. The van der Waals surface area contributed by atoms with Gasteiger partial charge in [-0.05, 0) is 127 Å². The molecule has 5 aliphatic rings. The summed E-state index contributed by atoms with van der Waals surface area (Å²) in [6.45, 7) is 16.8. The molecule has 0 radical (unpaired) electrons.